The van der Waals surface area contributed by atoms with Crippen molar-refractivity contribution in [1.82, 2.24) is 4.90 Å². The second-order valence-corrected chi connectivity index (χ2v) is 6.38. The molecule has 1 radical (unpaired) electrons. The van der Waals surface area contributed by atoms with E-state index in [4.69, 9.17) is 5.11 Å². The Morgan fingerprint density at radius 1 is 1.29 bits per heavy atom. The fourth-order valence-corrected chi connectivity index (χ4v) is 3.24. The molecule has 0 spiro atoms. The zero-order chi connectivity index (χ0) is 15.1. The molecule has 0 aromatic carbocycles. The van der Waals surface area contributed by atoms with Crippen LogP contribution >= 0.6 is 25.3 Å². The van der Waals surface area contributed by atoms with Gasteiger partial charge in [0.1, 0.15) is 6.04 Å². The maximum Gasteiger partial charge on any atom is 0.326 e. The average Bonchev–Trinajstić information content (AvgIpc) is 2.77. The molecule has 2 N–H and O–H groups in total. The third kappa shape index (κ3) is 7.61. The molecule has 1 rings (SSSR count). The number of carboxylic acid groups (broad SMARTS) is 1. The number of carbonyl (C=O) groups is 2. The summed E-state index contributed by atoms with van der Waals surface area (Å²) in [5.74, 6) is -0.419. The summed E-state index contributed by atoms with van der Waals surface area (Å²) in [7, 11) is 0. The summed E-state index contributed by atoms with van der Waals surface area (Å²) in [5.41, 5.74) is 0. The number of thiol groups is 2. The summed E-state index contributed by atoms with van der Waals surface area (Å²) in [6.07, 6.45) is 3.22. The molecule has 1 unspecified atom stereocenters. The van der Waals surface area contributed by atoms with Crippen LogP contribution in [0.2, 0.25) is 0 Å². The molecule has 0 aromatic heterocycles. The van der Waals surface area contributed by atoms with Crippen LogP contribution in [-0.4, -0.2) is 86.2 Å². The van der Waals surface area contributed by atoms with E-state index in [9.17, 15) is 14.7 Å². The summed E-state index contributed by atoms with van der Waals surface area (Å²) in [6, 6.07) is -0.876. The molecule has 0 aliphatic carbocycles. The van der Waals surface area contributed by atoms with Gasteiger partial charge in [0.05, 0.1) is 6.10 Å². The number of unbranched alkanes of at least 4 members (excludes halogenated alkanes) is 1. The van der Waals surface area contributed by atoms with Gasteiger partial charge < -0.3 is 15.1 Å². The number of carboxylic acids is 1. The predicted octanol–water partition coefficient (Wildman–Crippen LogP) is 0.831. The monoisotopic (exact) mass is 344 g/mol. The molecule has 117 valence electrons. The van der Waals surface area contributed by atoms with E-state index in [0.717, 1.165) is 31.4 Å². The molecule has 0 aromatic rings. The third-order valence-corrected chi connectivity index (χ3v) is 4.30. The number of β-amino-alcohol motifs (C(OH)–C–C–N with tert-alkyl or cyclic N) is 1. The van der Waals surface area contributed by atoms with Crippen LogP contribution in [0.4, 0.5) is 0 Å². The minimum absolute atomic E-state index is 0. The largest absolute Gasteiger partial charge is 0.480 e. The van der Waals surface area contributed by atoms with Gasteiger partial charge in [-0.2, -0.15) is 25.3 Å². The zero-order valence-corrected chi connectivity index (χ0v) is 16.2. The van der Waals surface area contributed by atoms with Crippen LogP contribution in [-0.2, 0) is 9.59 Å². The maximum absolute atomic E-state index is 12.0. The Balaban J connectivity index is 0.00000400. The van der Waals surface area contributed by atoms with Crippen molar-refractivity contribution >= 4 is 66.7 Å². The van der Waals surface area contributed by atoms with Crippen molar-refractivity contribution in [3.63, 3.8) is 0 Å². The van der Waals surface area contributed by atoms with E-state index >= 15 is 0 Å². The van der Waals surface area contributed by atoms with Crippen molar-refractivity contribution < 1.29 is 19.8 Å². The standard InChI is InChI=1S/C13H23NO4S2.Na/c15-9-7-11(13(17)18)14(8-9)12(16)4-2-1-3-10(20)5-6-19;/h9-11,15,19-20H,1-8H2,(H,17,18);/t9-,10?,11+;/m1./s1. The number of aliphatic hydroxyl groups excluding tert-OH is 1. The fraction of sp³-hybridized carbons (Fsp3) is 0.846. The molecule has 1 aliphatic rings. The number of carbonyl (C=O) groups excluding carboxylic acids is 1. The zero-order valence-electron chi connectivity index (χ0n) is 12.4. The van der Waals surface area contributed by atoms with E-state index in [1.165, 1.54) is 4.90 Å². The van der Waals surface area contributed by atoms with E-state index in [2.05, 4.69) is 25.3 Å². The molecule has 1 fully saturated rings. The molecule has 0 saturated carbocycles. The molecule has 8 heteroatoms. The van der Waals surface area contributed by atoms with Gasteiger partial charge >= 0.3 is 5.97 Å². The molecule has 1 aliphatic heterocycles. The minimum Gasteiger partial charge on any atom is -0.480 e. The molecular formula is C13H23NNaO4S2. The summed E-state index contributed by atoms with van der Waals surface area (Å²) in [6.45, 7) is 0.130. The first-order valence-electron chi connectivity index (χ1n) is 6.95. The number of aliphatic carboxylic acids is 1. The summed E-state index contributed by atoms with van der Waals surface area (Å²) in [4.78, 5) is 24.3. The quantitative estimate of drug-likeness (QED) is 0.299. The number of nitrogens with zero attached hydrogens (tertiary/aromatic N) is 1. The first kappa shape index (κ1) is 21.6. The van der Waals surface area contributed by atoms with E-state index in [1.54, 1.807) is 0 Å². The molecule has 1 heterocycles. The molecule has 0 bridgehead atoms. The molecule has 5 nitrogen and oxygen atoms in total. The summed E-state index contributed by atoms with van der Waals surface area (Å²) >= 11 is 8.57. The van der Waals surface area contributed by atoms with Crippen molar-refractivity contribution in [3.05, 3.63) is 0 Å². The van der Waals surface area contributed by atoms with Gasteiger partial charge in [0.25, 0.3) is 0 Å². The smallest absolute Gasteiger partial charge is 0.326 e. The van der Waals surface area contributed by atoms with E-state index in [1.807, 2.05) is 0 Å². The number of hydrogen-bond donors (Lipinski definition) is 4. The van der Waals surface area contributed by atoms with Gasteiger partial charge in [-0.1, -0.05) is 6.42 Å². The molecule has 21 heavy (non-hydrogen) atoms. The Labute approximate surface area is 159 Å². The van der Waals surface area contributed by atoms with Gasteiger partial charge in [0, 0.05) is 54.2 Å². The van der Waals surface area contributed by atoms with Gasteiger partial charge in [-0.3, -0.25) is 4.79 Å². The van der Waals surface area contributed by atoms with Crippen molar-refractivity contribution in [2.75, 3.05) is 12.3 Å². The maximum atomic E-state index is 12.0. The summed E-state index contributed by atoms with van der Waals surface area (Å²) < 4.78 is 0. The molecule has 1 amide bonds. The molecular weight excluding hydrogens is 321 g/mol. The molecule has 1 saturated heterocycles. The van der Waals surface area contributed by atoms with Crippen molar-refractivity contribution in [1.29, 1.82) is 0 Å². The van der Waals surface area contributed by atoms with E-state index in [-0.39, 0.29) is 48.4 Å². The third-order valence-electron chi connectivity index (χ3n) is 3.52. The molecule has 3 atom stereocenters. The van der Waals surface area contributed by atoms with Gasteiger partial charge in [-0.15, -0.1) is 0 Å². The van der Waals surface area contributed by atoms with Crippen LogP contribution in [0, 0.1) is 0 Å². The number of amides is 1. The number of rotatable bonds is 8. The Morgan fingerprint density at radius 3 is 2.52 bits per heavy atom. The van der Waals surface area contributed by atoms with Gasteiger partial charge in [0.15, 0.2) is 0 Å². The number of aliphatic hydroxyl groups is 1. The second kappa shape index (κ2) is 11.2. The number of likely N-dealkylation sites (tertiary alicyclic amines) is 1. The fourth-order valence-electron chi connectivity index (χ4n) is 2.42. The topological polar surface area (TPSA) is 77.8 Å². The summed E-state index contributed by atoms with van der Waals surface area (Å²) in [5, 5.41) is 18.8. The van der Waals surface area contributed by atoms with Crippen LogP contribution in [0.25, 0.3) is 0 Å². The second-order valence-electron chi connectivity index (χ2n) is 5.20. The van der Waals surface area contributed by atoms with E-state index < -0.39 is 18.1 Å². The van der Waals surface area contributed by atoms with Crippen molar-refractivity contribution in [2.24, 2.45) is 0 Å². The van der Waals surface area contributed by atoms with Gasteiger partial charge in [-0.25, -0.2) is 4.79 Å². The first-order chi connectivity index (χ1) is 9.45. The van der Waals surface area contributed by atoms with Crippen LogP contribution in [0.15, 0.2) is 0 Å². The predicted molar refractivity (Wildman–Crippen MR) is 89.2 cm³/mol. The van der Waals surface area contributed by atoms with Gasteiger partial charge in [-0.05, 0) is 25.0 Å². The van der Waals surface area contributed by atoms with Gasteiger partial charge in [0.2, 0.25) is 5.91 Å². The Bertz CT molecular complexity index is 346. The Hall–Kier alpha value is 0.600. The Kier molecular flexibility index (Phi) is 11.5. The normalized spacial score (nSPS) is 22.7. The number of hydrogen-bond acceptors (Lipinski definition) is 5. The SMILES string of the molecule is O=C(O)[C@@H]1C[C@@H](O)CN1C(=O)CCCCC(S)CCS.[Na]. The van der Waals surface area contributed by atoms with Crippen LogP contribution in [0.3, 0.4) is 0 Å². The van der Waals surface area contributed by atoms with Crippen LogP contribution < -0.4 is 0 Å². The average molecular weight is 344 g/mol. The van der Waals surface area contributed by atoms with E-state index in [0.29, 0.717) is 11.7 Å². The van der Waals surface area contributed by atoms with Crippen LogP contribution in [0.1, 0.15) is 38.5 Å². The van der Waals surface area contributed by atoms with Crippen LogP contribution in [0.5, 0.6) is 0 Å². The Morgan fingerprint density at radius 2 is 1.95 bits per heavy atom. The van der Waals surface area contributed by atoms with Crippen molar-refractivity contribution in [2.45, 2.75) is 55.9 Å². The minimum atomic E-state index is -1.04. The van der Waals surface area contributed by atoms with Crippen molar-refractivity contribution in [3.8, 4) is 0 Å². The first-order valence-corrected chi connectivity index (χ1v) is 8.09.